The van der Waals surface area contributed by atoms with Crippen molar-refractivity contribution in [3.05, 3.63) is 76.0 Å². The van der Waals surface area contributed by atoms with E-state index in [4.69, 9.17) is 4.74 Å². The summed E-state index contributed by atoms with van der Waals surface area (Å²) in [5.74, 6) is -0.0128. The third-order valence-corrected chi connectivity index (χ3v) is 4.22. The Hall–Kier alpha value is -2.80. The molecule has 3 aromatic rings. The summed E-state index contributed by atoms with van der Waals surface area (Å²) in [7, 11) is 0. The minimum Gasteiger partial charge on any atom is -0.486 e. The van der Waals surface area contributed by atoms with E-state index in [0.717, 1.165) is 0 Å². The predicted octanol–water partition coefficient (Wildman–Crippen LogP) is 3.66. The molecule has 0 aliphatic heterocycles. The summed E-state index contributed by atoms with van der Waals surface area (Å²) in [6.07, 6.45) is 1.68. The van der Waals surface area contributed by atoms with Crippen LogP contribution in [0.15, 0.2) is 59.0 Å². The Morgan fingerprint density at radius 3 is 2.77 bits per heavy atom. The van der Waals surface area contributed by atoms with Crippen LogP contribution in [0.4, 0.5) is 4.39 Å². The highest BCUT2D eigenvalue weighted by Gasteiger charge is 2.14. The van der Waals surface area contributed by atoms with Crippen molar-refractivity contribution in [1.82, 2.24) is 9.55 Å². The van der Waals surface area contributed by atoms with Crippen LogP contribution >= 0.6 is 11.3 Å². The van der Waals surface area contributed by atoms with Gasteiger partial charge in [0.05, 0.1) is 0 Å². The molecule has 0 unspecified atom stereocenters. The zero-order chi connectivity index (χ0) is 18.5. The number of pyridine rings is 1. The number of hydrogen-bond acceptors (Lipinski definition) is 5. The number of ether oxygens (including phenoxy) is 1. The lowest BCUT2D eigenvalue weighted by atomic mass is 10.3. The largest absolute Gasteiger partial charge is 0.486 e. The van der Waals surface area contributed by atoms with Crippen LogP contribution in [0.2, 0.25) is 0 Å². The van der Waals surface area contributed by atoms with E-state index < -0.39 is 0 Å². The molecule has 3 rings (SSSR count). The van der Waals surface area contributed by atoms with Crippen LogP contribution in [0.25, 0.3) is 0 Å². The molecular weight excluding hydrogens is 353 g/mol. The van der Waals surface area contributed by atoms with Gasteiger partial charge in [0.2, 0.25) is 0 Å². The monoisotopic (exact) mass is 371 g/mol. The van der Waals surface area contributed by atoms with E-state index in [9.17, 15) is 9.18 Å². The van der Waals surface area contributed by atoms with Crippen LogP contribution in [0.5, 0.6) is 5.75 Å². The first-order valence-corrected chi connectivity index (χ1v) is 9.00. The summed E-state index contributed by atoms with van der Waals surface area (Å²) < 4.78 is 20.0. The third-order valence-electron chi connectivity index (χ3n) is 3.39. The molecule has 0 N–H and O–H groups in total. The lowest BCUT2D eigenvalue weighted by molar-refractivity contribution is 0.0950. The van der Waals surface area contributed by atoms with Crippen LogP contribution in [0.3, 0.4) is 0 Å². The van der Waals surface area contributed by atoms with Crippen molar-refractivity contribution in [3.8, 4) is 5.75 Å². The maximum Gasteiger partial charge on any atom is 0.282 e. The number of thiazole rings is 1. The topological polar surface area (TPSA) is 56.5 Å². The number of carbonyl (C=O) groups excluding carboxylic acids is 1. The number of halogens is 1. The number of rotatable bonds is 5. The zero-order valence-corrected chi connectivity index (χ0v) is 15.2. The van der Waals surface area contributed by atoms with E-state index in [1.54, 1.807) is 35.8 Å². The molecule has 0 saturated heterocycles. The molecule has 0 fully saturated rings. The van der Waals surface area contributed by atoms with E-state index >= 15 is 0 Å². The average molecular weight is 371 g/mol. The fourth-order valence-electron chi connectivity index (χ4n) is 2.25. The highest BCUT2D eigenvalue weighted by Crippen LogP contribution is 2.16. The van der Waals surface area contributed by atoms with Gasteiger partial charge < -0.3 is 4.74 Å². The molecule has 0 bridgehead atoms. The van der Waals surface area contributed by atoms with Gasteiger partial charge in [0.15, 0.2) is 0 Å². The Morgan fingerprint density at radius 2 is 2.04 bits per heavy atom. The van der Waals surface area contributed by atoms with Gasteiger partial charge in [-0.1, -0.05) is 6.07 Å². The molecule has 0 radical (unpaired) electrons. The molecule has 0 amide bonds. The summed E-state index contributed by atoms with van der Waals surface area (Å²) in [5, 5.41) is 2.36. The van der Waals surface area contributed by atoms with Crippen LogP contribution < -0.4 is 10.2 Å². The third kappa shape index (κ3) is 4.43. The molecule has 7 heteroatoms. The second-order valence-electron chi connectivity index (χ2n) is 5.83. The molecule has 0 atom stereocenters. The van der Waals surface area contributed by atoms with Gasteiger partial charge in [-0.3, -0.25) is 14.4 Å². The standard InChI is InChI=1S/C19H18FN3O2S/c1-13(2)21-17-5-3-4-10-23(17)19(24)16-12-26-18(22-16)11-25-15-8-6-14(20)7-9-15/h3-10,12-13H,11H2,1-2H3. The van der Waals surface area contributed by atoms with Crippen LogP contribution in [0, 0.1) is 5.82 Å². The number of aromatic nitrogens is 2. The van der Waals surface area contributed by atoms with Gasteiger partial charge in [-0.25, -0.2) is 9.37 Å². The SMILES string of the molecule is CC(C)N=c1ccccn1C(=O)c1csc(COc2ccc(F)cc2)n1. The normalized spacial score (nSPS) is 11.8. The minimum atomic E-state index is -0.318. The Balaban J connectivity index is 1.75. The predicted molar refractivity (Wildman–Crippen MR) is 97.7 cm³/mol. The summed E-state index contributed by atoms with van der Waals surface area (Å²) in [5.41, 5.74) is 0.925. The molecule has 2 heterocycles. The average Bonchev–Trinajstić information content (AvgIpc) is 3.10. The lowest BCUT2D eigenvalue weighted by Gasteiger charge is -2.05. The summed E-state index contributed by atoms with van der Waals surface area (Å²) >= 11 is 1.34. The molecule has 0 saturated carbocycles. The van der Waals surface area contributed by atoms with Crippen molar-refractivity contribution in [2.24, 2.45) is 4.99 Å². The highest BCUT2D eigenvalue weighted by molar-refractivity contribution is 7.09. The van der Waals surface area contributed by atoms with Crippen molar-refractivity contribution in [2.45, 2.75) is 26.5 Å². The van der Waals surface area contributed by atoms with Crippen molar-refractivity contribution in [1.29, 1.82) is 0 Å². The van der Waals surface area contributed by atoms with Crippen molar-refractivity contribution >= 4 is 17.2 Å². The Kier molecular flexibility index (Phi) is 5.58. The molecule has 0 aliphatic carbocycles. The van der Waals surface area contributed by atoms with E-state index in [2.05, 4.69) is 9.98 Å². The fraction of sp³-hybridized carbons (Fsp3) is 0.211. The van der Waals surface area contributed by atoms with Gasteiger partial charge in [-0.05, 0) is 50.2 Å². The number of benzene rings is 1. The zero-order valence-electron chi connectivity index (χ0n) is 14.4. The quantitative estimate of drug-likeness (QED) is 0.688. The highest BCUT2D eigenvalue weighted by atomic mass is 32.1. The fourth-order valence-corrected chi connectivity index (χ4v) is 2.93. The smallest absolute Gasteiger partial charge is 0.282 e. The second kappa shape index (κ2) is 8.05. The number of nitrogens with zero attached hydrogens (tertiary/aromatic N) is 3. The number of carbonyl (C=O) groups is 1. The molecule has 5 nitrogen and oxygen atoms in total. The summed E-state index contributed by atoms with van der Waals surface area (Å²) in [6.45, 7) is 4.12. The van der Waals surface area contributed by atoms with Gasteiger partial charge in [-0.15, -0.1) is 11.3 Å². The Bertz CT molecular complexity index is 961. The van der Waals surface area contributed by atoms with Crippen molar-refractivity contribution in [3.63, 3.8) is 0 Å². The van der Waals surface area contributed by atoms with E-state index in [-0.39, 0.29) is 24.4 Å². The minimum absolute atomic E-state index is 0.0755. The van der Waals surface area contributed by atoms with Gasteiger partial charge in [0.25, 0.3) is 5.91 Å². The maximum absolute atomic E-state index is 12.9. The van der Waals surface area contributed by atoms with Crippen molar-refractivity contribution < 1.29 is 13.9 Å². The molecule has 134 valence electrons. The van der Waals surface area contributed by atoms with E-state index in [1.807, 2.05) is 19.9 Å². The van der Waals surface area contributed by atoms with Crippen LogP contribution in [-0.2, 0) is 6.61 Å². The molecule has 26 heavy (non-hydrogen) atoms. The molecule has 0 spiro atoms. The van der Waals surface area contributed by atoms with Gasteiger partial charge in [0.1, 0.15) is 34.4 Å². The first kappa shape index (κ1) is 18.0. The van der Waals surface area contributed by atoms with Gasteiger partial charge in [0, 0.05) is 17.6 Å². The van der Waals surface area contributed by atoms with E-state index in [0.29, 0.717) is 21.9 Å². The van der Waals surface area contributed by atoms with Crippen LogP contribution in [0.1, 0.15) is 29.3 Å². The van der Waals surface area contributed by atoms with Crippen LogP contribution in [-0.4, -0.2) is 21.5 Å². The lowest BCUT2D eigenvalue weighted by Crippen LogP contribution is -2.28. The first-order valence-electron chi connectivity index (χ1n) is 8.12. The first-order chi connectivity index (χ1) is 12.5. The summed E-state index contributed by atoms with van der Waals surface area (Å²) in [6, 6.07) is 11.3. The van der Waals surface area contributed by atoms with Gasteiger partial charge >= 0.3 is 0 Å². The molecule has 0 aliphatic rings. The van der Waals surface area contributed by atoms with Gasteiger partial charge in [-0.2, -0.15) is 0 Å². The number of hydrogen-bond donors (Lipinski definition) is 0. The molecular formula is C19H18FN3O2S. The Morgan fingerprint density at radius 1 is 1.27 bits per heavy atom. The second-order valence-corrected chi connectivity index (χ2v) is 6.77. The van der Waals surface area contributed by atoms with E-state index in [1.165, 1.54) is 28.0 Å². The molecule has 1 aromatic carbocycles. The Labute approximate surface area is 154 Å². The summed E-state index contributed by atoms with van der Waals surface area (Å²) in [4.78, 5) is 21.5. The molecule has 2 aromatic heterocycles. The maximum atomic E-state index is 12.9. The van der Waals surface area contributed by atoms with Crippen molar-refractivity contribution in [2.75, 3.05) is 0 Å².